The third-order valence-corrected chi connectivity index (χ3v) is 4.94. The first-order valence-corrected chi connectivity index (χ1v) is 8.16. The molecule has 1 fully saturated rings. The largest absolute Gasteiger partial charge is 0.491 e. The Labute approximate surface area is 121 Å². The fraction of sp³-hybridized carbons (Fsp3) is 0.625. The summed E-state index contributed by atoms with van der Waals surface area (Å²) in [5, 5.41) is 3.59. The summed E-state index contributed by atoms with van der Waals surface area (Å²) < 4.78 is 6.16. The van der Waals surface area contributed by atoms with E-state index in [-0.39, 0.29) is 6.10 Å². The van der Waals surface area contributed by atoms with Gasteiger partial charge < -0.3 is 10.1 Å². The number of hydrogen-bond acceptors (Lipinski definition) is 3. The van der Waals surface area contributed by atoms with Crippen molar-refractivity contribution in [3.63, 3.8) is 0 Å². The smallest absolute Gasteiger partial charge is 0.120 e. The molecule has 19 heavy (non-hydrogen) atoms. The molecule has 0 aliphatic carbocycles. The highest BCUT2D eigenvalue weighted by Gasteiger charge is 2.28. The first kappa shape index (κ1) is 14.7. The lowest BCUT2D eigenvalue weighted by atomic mass is 10.1. The van der Waals surface area contributed by atoms with Gasteiger partial charge in [-0.05, 0) is 57.1 Å². The minimum Gasteiger partial charge on any atom is -0.491 e. The highest BCUT2D eigenvalue weighted by Crippen LogP contribution is 2.36. The van der Waals surface area contributed by atoms with Gasteiger partial charge >= 0.3 is 0 Å². The third kappa shape index (κ3) is 4.73. The monoisotopic (exact) mass is 279 g/mol. The minimum absolute atomic E-state index is 0.233. The van der Waals surface area contributed by atoms with Gasteiger partial charge in [-0.3, -0.25) is 0 Å². The van der Waals surface area contributed by atoms with Crippen LogP contribution in [0.25, 0.3) is 0 Å². The Morgan fingerprint density at radius 2 is 2.26 bits per heavy atom. The van der Waals surface area contributed by atoms with Crippen LogP contribution in [0.5, 0.6) is 5.75 Å². The second kappa shape index (κ2) is 6.67. The lowest BCUT2D eigenvalue weighted by Gasteiger charge is -2.23. The quantitative estimate of drug-likeness (QED) is 0.854. The Morgan fingerprint density at radius 1 is 1.42 bits per heavy atom. The van der Waals surface area contributed by atoms with Gasteiger partial charge in [-0.25, -0.2) is 0 Å². The van der Waals surface area contributed by atoms with E-state index in [4.69, 9.17) is 4.74 Å². The van der Waals surface area contributed by atoms with Crippen molar-refractivity contribution < 1.29 is 4.74 Å². The van der Waals surface area contributed by atoms with Crippen LogP contribution in [-0.2, 0) is 6.54 Å². The number of nitrogens with one attached hydrogen (secondary N) is 1. The molecule has 0 radical (unpaired) electrons. The van der Waals surface area contributed by atoms with E-state index in [1.807, 2.05) is 6.07 Å². The lowest BCUT2D eigenvalue weighted by molar-refractivity contribution is 0.242. The number of rotatable bonds is 6. The number of hydrogen-bond donors (Lipinski definition) is 1. The molecule has 3 heteroatoms. The molecule has 1 aromatic carbocycles. The van der Waals surface area contributed by atoms with E-state index >= 15 is 0 Å². The molecular formula is C16H25NOS. The molecule has 1 aliphatic rings. The summed E-state index contributed by atoms with van der Waals surface area (Å²) in [5.41, 5.74) is 1.30. The fourth-order valence-electron chi connectivity index (χ4n) is 2.45. The van der Waals surface area contributed by atoms with Crippen molar-refractivity contribution in [3.05, 3.63) is 29.8 Å². The lowest BCUT2D eigenvalue weighted by Crippen LogP contribution is -2.32. The van der Waals surface area contributed by atoms with Crippen LogP contribution in [-0.4, -0.2) is 23.1 Å². The number of benzene rings is 1. The van der Waals surface area contributed by atoms with Crippen LogP contribution in [0.4, 0.5) is 0 Å². The Morgan fingerprint density at radius 3 is 2.95 bits per heavy atom. The molecule has 1 saturated heterocycles. The van der Waals surface area contributed by atoms with Crippen LogP contribution in [0.15, 0.2) is 24.3 Å². The van der Waals surface area contributed by atoms with Crippen LogP contribution >= 0.6 is 11.8 Å². The second-order valence-corrected chi connectivity index (χ2v) is 7.50. The molecule has 0 amide bonds. The fourth-order valence-corrected chi connectivity index (χ4v) is 3.72. The molecule has 0 saturated carbocycles. The first-order valence-electron chi connectivity index (χ1n) is 7.18. The molecule has 1 unspecified atom stereocenters. The van der Waals surface area contributed by atoms with Gasteiger partial charge in [0.2, 0.25) is 0 Å². The van der Waals surface area contributed by atoms with Gasteiger partial charge in [0.1, 0.15) is 5.75 Å². The predicted molar refractivity (Wildman–Crippen MR) is 84.0 cm³/mol. The average molecular weight is 279 g/mol. The SMILES string of the molecule is CC(C)Oc1cccc(CNCC2(C)CCCS2)c1. The molecule has 1 aromatic rings. The van der Waals surface area contributed by atoms with Crippen molar-refractivity contribution in [1.29, 1.82) is 0 Å². The molecule has 2 nitrogen and oxygen atoms in total. The van der Waals surface area contributed by atoms with Gasteiger partial charge in [0.25, 0.3) is 0 Å². The average Bonchev–Trinajstić information content (AvgIpc) is 2.76. The Bertz CT molecular complexity index is 399. The maximum Gasteiger partial charge on any atom is 0.120 e. The van der Waals surface area contributed by atoms with Gasteiger partial charge in [-0.2, -0.15) is 11.8 Å². The summed E-state index contributed by atoms with van der Waals surface area (Å²) in [6.07, 6.45) is 2.93. The van der Waals surface area contributed by atoms with E-state index in [2.05, 4.69) is 56.0 Å². The Hall–Kier alpha value is -0.670. The minimum atomic E-state index is 0.233. The van der Waals surface area contributed by atoms with Crippen molar-refractivity contribution >= 4 is 11.8 Å². The molecule has 1 heterocycles. The molecule has 1 N–H and O–H groups in total. The van der Waals surface area contributed by atoms with Crippen molar-refractivity contribution in [2.75, 3.05) is 12.3 Å². The zero-order valence-electron chi connectivity index (χ0n) is 12.2. The first-order chi connectivity index (χ1) is 9.07. The molecular weight excluding hydrogens is 254 g/mol. The summed E-state index contributed by atoms with van der Waals surface area (Å²) in [6, 6.07) is 8.39. The van der Waals surface area contributed by atoms with E-state index in [0.717, 1.165) is 18.8 Å². The standard InChI is InChI=1S/C16H25NOS/c1-13(2)18-15-7-4-6-14(10-15)11-17-12-16(3)8-5-9-19-16/h4,6-7,10,13,17H,5,8-9,11-12H2,1-3H3. The maximum atomic E-state index is 5.72. The van der Waals surface area contributed by atoms with Crippen LogP contribution in [0.1, 0.15) is 39.2 Å². The van der Waals surface area contributed by atoms with E-state index in [1.165, 1.54) is 24.2 Å². The summed E-state index contributed by atoms with van der Waals surface area (Å²) in [6.45, 7) is 8.50. The normalized spacial score (nSPS) is 22.9. The van der Waals surface area contributed by atoms with E-state index in [9.17, 15) is 0 Å². The highest BCUT2D eigenvalue weighted by molar-refractivity contribution is 8.00. The van der Waals surface area contributed by atoms with Gasteiger partial charge in [-0.15, -0.1) is 0 Å². The van der Waals surface area contributed by atoms with Gasteiger partial charge in [0.05, 0.1) is 6.10 Å². The molecule has 1 aliphatic heterocycles. The summed E-state index contributed by atoms with van der Waals surface area (Å²) in [5.74, 6) is 2.28. The molecule has 0 spiro atoms. The Balaban J connectivity index is 1.82. The zero-order valence-corrected chi connectivity index (χ0v) is 13.1. The van der Waals surface area contributed by atoms with Crippen LogP contribution in [0.3, 0.4) is 0 Å². The summed E-state index contributed by atoms with van der Waals surface area (Å²) >= 11 is 2.10. The number of ether oxygens (including phenoxy) is 1. The predicted octanol–water partition coefficient (Wildman–Crippen LogP) is 3.85. The Kier molecular flexibility index (Phi) is 5.17. The van der Waals surface area contributed by atoms with Gasteiger partial charge in [0.15, 0.2) is 0 Å². The topological polar surface area (TPSA) is 21.3 Å². The van der Waals surface area contributed by atoms with Crippen LogP contribution in [0, 0.1) is 0 Å². The molecule has 106 valence electrons. The number of thioether (sulfide) groups is 1. The van der Waals surface area contributed by atoms with Crippen molar-refractivity contribution in [3.8, 4) is 5.75 Å². The summed E-state index contributed by atoms with van der Waals surface area (Å²) in [7, 11) is 0. The molecule has 2 rings (SSSR count). The van der Waals surface area contributed by atoms with Crippen LogP contribution < -0.4 is 10.1 Å². The van der Waals surface area contributed by atoms with Crippen molar-refractivity contribution in [2.45, 2.75) is 51.0 Å². The third-order valence-electron chi connectivity index (χ3n) is 3.40. The summed E-state index contributed by atoms with van der Waals surface area (Å²) in [4.78, 5) is 0. The van der Waals surface area contributed by atoms with Crippen molar-refractivity contribution in [1.82, 2.24) is 5.32 Å². The second-order valence-electron chi connectivity index (χ2n) is 5.82. The zero-order chi connectivity index (χ0) is 13.7. The van der Waals surface area contributed by atoms with E-state index in [1.54, 1.807) is 0 Å². The molecule has 0 bridgehead atoms. The van der Waals surface area contributed by atoms with Gasteiger partial charge in [0, 0.05) is 17.8 Å². The van der Waals surface area contributed by atoms with E-state index < -0.39 is 0 Å². The van der Waals surface area contributed by atoms with Crippen molar-refractivity contribution in [2.24, 2.45) is 0 Å². The van der Waals surface area contributed by atoms with E-state index in [0.29, 0.717) is 4.75 Å². The van der Waals surface area contributed by atoms with Crippen LogP contribution in [0.2, 0.25) is 0 Å². The molecule has 1 atom stereocenters. The highest BCUT2D eigenvalue weighted by atomic mass is 32.2. The van der Waals surface area contributed by atoms with Gasteiger partial charge in [-0.1, -0.05) is 12.1 Å². The maximum absolute atomic E-state index is 5.72. The molecule has 0 aromatic heterocycles.